The van der Waals surface area contributed by atoms with Crippen LogP contribution in [-0.4, -0.2) is 22.7 Å². The van der Waals surface area contributed by atoms with Crippen molar-refractivity contribution in [1.29, 1.82) is 0 Å². The summed E-state index contributed by atoms with van der Waals surface area (Å²) in [5.74, 6) is 0.420. The van der Waals surface area contributed by atoms with Gasteiger partial charge in [0.2, 0.25) is 0 Å². The van der Waals surface area contributed by atoms with Crippen molar-refractivity contribution in [2.75, 3.05) is 6.61 Å². The maximum Gasteiger partial charge on any atom is 0.255 e. The van der Waals surface area contributed by atoms with Crippen LogP contribution in [-0.2, 0) is 6.54 Å². The molecule has 0 unspecified atom stereocenters. The minimum absolute atomic E-state index is 0.194. The number of H-pyrrole nitrogens is 1. The molecule has 6 heteroatoms. The number of aromatic nitrogens is 2. The molecule has 0 aliphatic rings. The van der Waals surface area contributed by atoms with E-state index in [1.807, 2.05) is 44.2 Å². The van der Waals surface area contributed by atoms with Crippen LogP contribution in [0.1, 0.15) is 28.4 Å². The van der Waals surface area contributed by atoms with Crippen LogP contribution in [0.3, 0.4) is 0 Å². The molecular weight excluding hydrogens is 350 g/mol. The van der Waals surface area contributed by atoms with E-state index in [2.05, 4.69) is 15.5 Å². The van der Waals surface area contributed by atoms with Gasteiger partial charge in [0.15, 0.2) is 0 Å². The van der Waals surface area contributed by atoms with Gasteiger partial charge in [0, 0.05) is 12.1 Å². The zero-order valence-electron chi connectivity index (χ0n) is 14.7. The molecule has 3 aromatic rings. The number of nitrogens with one attached hydrogen (secondary N) is 2. The van der Waals surface area contributed by atoms with Crippen LogP contribution >= 0.6 is 11.6 Å². The molecule has 0 fully saturated rings. The first kappa shape index (κ1) is 18.0. The Kier molecular flexibility index (Phi) is 5.58. The Hall–Kier alpha value is -2.79. The molecule has 0 radical (unpaired) electrons. The zero-order chi connectivity index (χ0) is 18.5. The zero-order valence-corrected chi connectivity index (χ0v) is 15.4. The van der Waals surface area contributed by atoms with Gasteiger partial charge >= 0.3 is 0 Å². The SMILES string of the molecule is CCOc1ccc(-c2[nH]ncc2C(=O)NCc2cccc(C)c2)cc1Cl. The summed E-state index contributed by atoms with van der Waals surface area (Å²) >= 11 is 6.25. The number of nitrogens with zero attached hydrogens (tertiary/aromatic N) is 1. The molecule has 0 aliphatic carbocycles. The lowest BCUT2D eigenvalue weighted by molar-refractivity contribution is 0.0951. The van der Waals surface area contributed by atoms with Gasteiger partial charge < -0.3 is 10.1 Å². The van der Waals surface area contributed by atoms with E-state index >= 15 is 0 Å². The predicted octanol–water partition coefficient (Wildman–Crippen LogP) is 4.37. The van der Waals surface area contributed by atoms with Crippen LogP contribution in [0, 0.1) is 6.92 Å². The lowest BCUT2D eigenvalue weighted by atomic mass is 10.1. The number of benzene rings is 2. The van der Waals surface area contributed by atoms with Crippen molar-refractivity contribution < 1.29 is 9.53 Å². The third-order valence-corrected chi connectivity index (χ3v) is 4.24. The van der Waals surface area contributed by atoms with E-state index in [9.17, 15) is 4.79 Å². The number of aryl methyl sites for hydroxylation is 1. The maximum absolute atomic E-state index is 12.6. The number of halogens is 1. The first-order chi connectivity index (χ1) is 12.6. The van der Waals surface area contributed by atoms with Gasteiger partial charge in [-0.2, -0.15) is 5.10 Å². The highest BCUT2D eigenvalue weighted by molar-refractivity contribution is 6.32. The Morgan fingerprint density at radius 3 is 2.85 bits per heavy atom. The van der Waals surface area contributed by atoms with Crippen LogP contribution in [0.25, 0.3) is 11.3 Å². The lowest BCUT2D eigenvalue weighted by Gasteiger charge is -2.09. The quantitative estimate of drug-likeness (QED) is 0.678. The molecule has 2 aromatic carbocycles. The minimum Gasteiger partial charge on any atom is -0.492 e. The Labute approximate surface area is 157 Å². The molecule has 134 valence electrons. The fraction of sp³-hybridized carbons (Fsp3) is 0.200. The van der Waals surface area contributed by atoms with Crippen molar-refractivity contribution in [2.45, 2.75) is 20.4 Å². The van der Waals surface area contributed by atoms with Gasteiger partial charge in [-0.25, -0.2) is 0 Å². The number of hydrogen-bond donors (Lipinski definition) is 2. The van der Waals surface area contributed by atoms with Gasteiger partial charge in [0.1, 0.15) is 5.75 Å². The second-order valence-corrected chi connectivity index (χ2v) is 6.32. The van der Waals surface area contributed by atoms with Gasteiger partial charge in [-0.3, -0.25) is 9.89 Å². The summed E-state index contributed by atoms with van der Waals surface area (Å²) in [6.45, 7) is 4.91. The topological polar surface area (TPSA) is 67.0 Å². The molecule has 26 heavy (non-hydrogen) atoms. The Bertz CT molecular complexity index is 921. The molecule has 0 aliphatic heterocycles. The first-order valence-corrected chi connectivity index (χ1v) is 8.76. The first-order valence-electron chi connectivity index (χ1n) is 8.38. The van der Waals surface area contributed by atoms with E-state index in [0.29, 0.717) is 35.2 Å². The molecule has 1 amide bonds. The van der Waals surface area contributed by atoms with Gasteiger partial charge in [-0.1, -0.05) is 41.4 Å². The fourth-order valence-electron chi connectivity index (χ4n) is 2.71. The molecule has 5 nitrogen and oxygen atoms in total. The largest absolute Gasteiger partial charge is 0.492 e. The summed E-state index contributed by atoms with van der Waals surface area (Å²) in [5.41, 5.74) is 4.07. The van der Waals surface area contributed by atoms with E-state index in [1.165, 1.54) is 6.20 Å². The molecule has 1 aromatic heterocycles. The molecule has 0 bridgehead atoms. The number of amides is 1. The second kappa shape index (κ2) is 8.06. The van der Waals surface area contributed by atoms with Crippen molar-refractivity contribution >= 4 is 17.5 Å². The van der Waals surface area contributed by atoms with Crippen LogP contribution in [0.4, 0.5) is 0 Å². The van der Waals surface area contributed by atoms with Crippen molar-refractivity contribution in [1.82, 2.24) is 15.5 Å². The molecule has 0 atom stereocenters. The molecule has 1 heterocycles. The number of ether oxygens (including phenoxy) is 1. The summed E-state index contributed by atoms with van der Waals surface area (Å²) in [4.78, 5) is 12.6. The van der Waals surface area contributed by atoms with Crippen molar-refractivity contribution in [3.05, 3.63) is 70.4 Å². The van der Waals surface area contributed by atoms with Gasteiger partial charge in [0.05, 0.1) is 29.1 Å². The molecular formula is C20H20ClN3O2. The molecule has 2 N–H and O–H groups in total. The Morgan fingerprint density at radius 2 is 2.12 bits per heavy atom. The summed E-state index contributed by atoms with van der Waals surface area (Å²) in [6, 6.07) is 13.4. The summed E-state index contributed by atoms with van der Waals surface area (Å²) < 4.78 is 5.45. The highest BCUT2D eigenvalue weighted by Gasteiger charge is 2.16. The normalized spacial score (nSPS) is 10.6. The molecule has 0 saturated carbocycles. The molecule has 3 rings (SSSR count). The third-order valence-electron chi connectivity index (χ3n) is 3.94. The van der Waals surface area contributed by atoms with Crippen LogP contribution in [0.5, 0.6) is 5.75 Å². The number of rotatable bonds is 6. The third kappa shape index (κ3) is 4.06. The van der Waals surface area contributed by atoms with E-state index in [0.717, 1.165) is 16.7 Å². The number of carbonyl (C=O) groups is 1. The smallest absolute Gasteiger partial charge is 0.255 e. The van der Waals surface area contributed by atoms with E-state index in [1.54, 1.807) is 12.1 Å². The van der Waals surface area contributed by atoms with Crippen LogP contribution < -0.4 is 10.1 Å². The van der Waals surface area contributed by atoms with E-state index < -0.39 is 0 Å². The Morgan fingerprint density at radius 1 is 1.27 bits per heavy atom. The second-order valence-electron chi connectivity index (χ2n) is 5.91. The Balaban J connectivity index is 1.77. The minimum atomic E-state index is -0.194. The van der Waals surface area contributed by atoms with Crippen LogP contribution in [0.15, 0.2) is 48.7 Å². The average Bonchev–Trinajstić information content (AvgIpc) is 3.11. The van der Waals surface area contributed by atoms with E-state index in [4.69, 9.17) is 16.3 Å². The average molecular weight is 370 g/mol. The number of carbonyl (C=O) groups excluding carboxylic acids is 1. The van der Waals surface area contributed by atoms with Crippen molar-refractivity contribution in [3.8, 4) is 17.0 Å². The highest BCUT2D eigenvalue weighted by atomic mass is 35.5. The van der Waals surface area contributed by atoms with Crippen molar-refractivity contribution in [2.24, 2.45) is 0 Å². The fourth-order valence-corrected chi connectivity index (χ4v) is 2.94. The molecule has 0 spiro atoms. The summed E-state index contributed by atoms with van der Waals surface area (Å²) in [6.07, 6.45) is 1.52. The van der Waals surface area contributed by atoms with E-state index in [-0.39, 0.29) is 5.91 Å². The summed E-state index contributed by atoms with van der Waals surface area (Å²) in [5, 5.41) is 10.3. The summed E-state index contributed by atoms with van der Waals surface area (Å²) in [7, 11) is 0. The maximum atomic E-state index is 12.6. The van der Waals surface area contributed by atoms with Gasteiger partial charge in [-0.15, -0.1) is 0 Å². The monoisotopic (exact) mass is 369 g/mol. The van der Waals surface area contributed by atoms with Crippen molar-refractivity contribution in [3.63, 3.8) is 0 Å². The van der Waals surface area contributed by atoms with Gasteiger partial charge in [-0.05, 0) is 37.6 Å². The number of hydrogen-bond acceptors (Lipinski definition) is 3. The molecule has 0 saturated heterocycles. The lowest BCUT2D eigenvalue weighted by Crippen LogP contribution is -2.23. The predicted molar refractivity (Wildman–Crippen MR) is 103 cm³/mol. The number of aromatic amines is 1. The standard InChI is InChI=1S/C20H20ClN3O2/c1-3-26-18-8-7-15(10-17(18)21)19-16(12-23-24-19)20(25)22-11-14-6-4-5-13(2)9-14/h4-10,12H,3,11H2,1-2H3,(H,22,25)(H,23,24). The highest BCUT2D eigenvalue weighted by Crippen LogP contribution is 2.31. The van der Waals surface area contributed by atoms with Gasteiger partial charge in [0.25, 0.3) is 5.91 Å². The van der Waals surface area contributed by atoms with Crippen LogP contribution in [0.2, 0.25) is 5.02 Å².